The van der Waals surface area contributed by atoms with E-state index in [4.69, 9.17) is 9.15 Å². The third kappa shape index (κ3) is 3.61. The number of carbonyl (C=O) groups is 1. The van der Waals surface area contributed by atoms with Crippen molar-refractivity contribution in [2.24, 2.45) is 0 Å². The van der Waals surface area contributed by atoms with Crippen molar-refractivity contribution in [1.82, 2.24) is 0 Å². The molecular weight excluding hydrogens is 392 g/mol. The molecule has 0 radical (unpaired) electrons. The van der Waals surface area contributed by atoms with Crippen molar-refractivity contribution < 1.29 is 13.9 Å². The number of fused-ring (bicyclic) bond motifs is 1. The van der Waals surface area contributed by atoms with Crippen LogP contribution in [0.25, 0.3) is 0 Å². The van der Waals surface area contributed by atoms with E-state index in [-0.39, 0.29) is 11.9 Å². The molecule has 0 aliphatic heterocycles. The minimum Gasteiger partial charge on any atom is -0.468 e. The minimum atomic E-state index is -1.11. The summed E-state index contributed by atoms with van der Waals surface area (Å²) in [5.41, 5.74) is 3.36. The molecule has 1 aromatic heterocycles. The molecule has 2 atom stereocenters. The Kier molecular flexibility index (Phi) is 6.14. The van der Waals surface area contributed by atoms with Crippen LogP contribution < -0.4 is 0 Å². The molecule has 2 unspecified atom stereocenters. The third-order valence-electron chi connectivity index (χ3n) is 5.78. The number of esters is 1. The molecule has 1 heterocycles. The highest BCUT2D eigenvalue weighted by molar-refractivity contribution is 8.01. The Bertz CT molecular complexity index is 1010. The molecule has 0 fully saturated rings. The molecule has 0 bridgehead atoms. The van der Waals surface area contributed by atoms with Gasteiger partial charge in [0, 0.05) is 10.8 Å². The summed E-state index contributed by atoms with van der Waals surface area (Å²) in [4.78, 5) is 14.6. The average Bonchev–Trinajstić information content (AvgIpc) is 3.24. The smallest absolute Gasteiger partial charge is 0.331 e. The quantitative estimate of drug-likeness (QED) is 0.257. The predicted molar refractivity (Wildman–Crippen MR) is 121 cm³/mol. The number of ether oxygens (including phenoxy) is 1. The van der Waals surface area contributed by atoms with Crippen LogP contribution in [0.3, 0.4) is 0 Å². The summed E-state index contributed by atoms with van der Waals surface area (Å²) in [6, 6.07) is 20.0. The second kappa shape index (κ2) is 8.97. The Hall–Kier alpha value is -2.72. The standard InChI is InChI=1S/C26H26O3S/c1-3-23(19-12-6-4-7-13-19)26(25(27)28-2,30-21-15-8-5-9-16-21)24-22-17-11-10-14-20(22)18-29-24/h3-9,12-13,15-16,18,23H,1,10-11,14,17H2,2H3. The first-order valence-corrected chi connectivity index (χ1v) is 11.1. The van der Waals surface area contributed by atoms with E-state index in [0.29, 0.717) is 5.76 Å². The van der Waals surface area contributed by atoms with E-state index in [0.717, 1.165) is 41.7 Å². The van der Waals surface area contributed by atoms with E-state index in [1.807, 2.05) is 73.0 Å². The number of carbonyl (C=O) groups excluding carboxylic acids is 1. The van der Waals surface area contributed by atoms with Gasteiger partial charge in [-0.15, -0.1) is 6.58 Å². The van der Waals surface area contributed by atoms with Gasteiger partial charge in [-0.1, -0.05) is 66.4 Å². The minimum absolute atomic E-state index is 0.325. The fraction of sp³-hybridized carbons (Fsp3) is 0.269. The van der Waals surface area contributed by atoms with E-state index in [1.54, 1.807) is 0 Å². The molecule has 2 aromatic carbocycles. The summed E-state index contributed by atoms with van der Waals surface area (Å²) < 4.78 is 10.5. The lowest BCUT2D eigenvalue weighted by Crippen LogP contribution is -2.40. The SMILES string of the molecule is C=CC(c1ccccc1)C(Sc1ccccc1)(C(=O)OC)c1occ2c1CCCC2. The van der Waals surface area contributed by atoms with E-state index in [2.05, 4.69) is 6.58 Å². The second-order valence-electron chi connectivity index (χ2n) is 7.54. The van der Waals surface area contributed by atoms with Crippen molar-refractivity contribution >= 4 is 17.7 Å². The first-order chi connectivity index (χ1) is 14.7. The third-order valence-corrected chi connectivity index (χ3v) is 7.22. The number of rotatable bonds is 7. The maximum absolute atomic E-state index is 13.6. The van der Waals surface area contributed by atoms with Gasteiger partial charge >= 0.3 is 5.97 Å². The van der Waals surface area contributed by atoms with Gasteiger partial charge in [0.15, 0.2) is 4.75 Å². The highest BCUT2D eigenvalue weighted by atomic mass is 32.2. The van der Waals surface area contributed by atoms with Crippen LogP contribution in [0.5, 0.6) is 0 Å². The van der Waals surface area contributed by atoms with Crippen molar-refractivity contribution in [3.05, 3.63) is 102 Å². The van der Waals surface area contributed by atoms with Crippen LogP contribution in [-0.4, -0.2) is 13.1 Å². The summed E-state index contributed by atoms with van der Waals surface area (Å²) in [5, 5.41) is 0. The topological polar surface area (TPSA) is 39.4 Å². The zero-order valence-corrected chi connectivity index (χ0v) is 18.0. The Labute approximate surface area is 182 Å². The van der Waals surface area contributed by atoms with Crippen LogP contribution in [0.4, 0.5) is 0 Å². The summed E-state index contributed by atoms with van der Waals surface area (Å²) in [6.45, 7) is 4.12. The molecule has 0 amide bonds. The molecule has 1 aliphatic carbocycles. The largest absolute Gasteiger partial charge is 0.468 e. The fourth-order valence-electron chi connectivity index (χ4n) is 4.37. The molecule has 0 N–H and O–H groups in total. The number of methoxy groups -OCH3 is 1. The van der Waals surface area contributed by atoms with Crippen LogP contribution in [-0.2, 0) is 27.1 Å². The number of aryl methyl sites for hydroxylation is 1. The van der Waals surface area contributed by atoms with Gasteiger partial charge < -0.3 is 9.15 Å². The molecule has 3 aromatic rings. The maximum Gasteiger partial charge on any atom is 0.331 e. The summed E-state index contributed by atoms with van der Waals surface area (Å²) in [5.74, 6) is 0.0491. The number of hydrogen-bond acceptors (Lipinski definition) is 4. The van der Waals surface area contributed by atoms with Gasteiger partial charge in [0.25, 0.3) is 0 Å². The molecule has 4 rings (SSSR count). The number of furan rings is 1. The molecule has 0 spiro atoms. The summed E-state index contributed by atoms with van der Waals surface area (Å²) in [7, 11) is 1.45. The molecule has 1 aliphatic rings. The van der Waals surface area contributed by atoms with Gasteiger partial charge in [-0.2, -0.15) is 0 Å². The van der Waals surface area contributed by atoms with Crippen LogP contribution in [0.2, 0.25) is 0 Å². The van der Waals surface area contributed by atoms with E-state index in [1.165, 1.54) is 24.4 Å². The van der Waals surface area contributed by atoms with Crippen molar-refractivity contribution in [3.8, 4) is 0 Å². The first-order valence-electron chi connectivity index (χ1n) is 10.3. The zero-order chi connectivity index (χ0) is 21.0. The lowest BCUT2D eigenvalue weighted by atomic mass is 9.80. The van der Waals surface area contributed by atoms with Crippen LogP contribution in [0, 0.1) is 0 Å². The Morgan fingerprint density at radius 2 is 1.77 bits per heavy atom. The van der Waals surface area contributed by atoms with Crippen LogP contribution >= 0.6 is 11.8 Å². The number of thioether (sulfide) groups is 1. The van der Waals surface area contributed by atoms with Crippen molar-refractivity contribution in [2.45, 2.75) is 41.2 Å². The normalized spacial score (nSPS) is 16.2. The maximum atomic E-state index is 13.6. The zero-order valence-electron chi connectivity index (χ0n) is 17.2. The Morgan fingerprint density at radius 3 is 2.43 bits per heavy atom. The van der Waals surface area contributed by atoms with Crippen molar-refractivity contribution in [2.75, 3.05) is 7.11 Å². The highest BCUT2D eigenvalue weighted by Gasteiger charge is 2.53. The first kappa shape index (κ1) is 20.5. The van der Waals surface area contributed by atoms with Gasteiger partial charge in [0.05, 0.1) is 13.4 Å². The van der Waals surface area contributed by atoms with Crippen molar-refractivity contribution in [3.63, 3.8) is 0 Å². The Morgan fingerprint density at radius 1 is 1.10 bits per heavy atom. The van der Waals surface area contributed by atoms with Gasteiger partial charge in [0.2, 0.25) is 0 Å². The molecule has 0 saturated carbocycles. The lowest BCUT2D eigenvalue weighted by Gasteiger charge is -2.36. The van der Waals surface area contributed by atoms with Gasteiger partial charge in [-0.05, 0) is 54.5 Å². The van der Waals surface area contributed by atoms with Crippen molar-refractivity contribution in [1.29, 1.82) is 0 Å². The molecule has 30 heavy (non-hydrogen) atoms. The van der Waals surface area contributed by atoms with Gasteiger partial charge in [0.1, 0.15) is 5.76 Å². The number of hydrogen-bond donors (Lipinski definition) is 0. The molecular formula is C26H26O3S. The Balaban J connectivity index is 1.97. The molecule has 4 heteroatoms. The molecule has 0 saturated heterocycles. The lowest BCUT2D eigenvalue weighted by molar-refractivity contribution is -0.144. The fourth-order valence-corrected chi connectivity index (χ4v) is 5.82. The average molecular weight is 419 g/mol. The van der Waals surface area contributed by atoms with Crippen LogP contribution in [0.15, 0.2) is 88.9 Å². The number of benzene rings is 2. The predicted octanol–water partition coefficient (Wildman–Crippen LogP) is 6.29. The van der Waals surface area contributed by atoms with Gasteiger partial charge in [-0.3, -0.25) is 4.79 Å². The monoisotopic (exact) mass is 418 g/mol. The van der Waals surface area contributed by atoms with E-state index in [9.17, 15) is 4.79 Å². The van der Waals surface area contributed by atoms with Crippen LogP contribution in [0.1, 0.15) is 41.2 Å². The van der Waals surface area contributed by atoms with Gasteiger partial charge in [-0.25, -0.2) is 0 Å². The summed E-state index contributed by atoms with van der Waals surface area (Å²) >= 11 is 1.49. The van der Waals surface area contributed by atoms with E-state index >= 15 is 0 Å². The molecule has 154 valence electrons. The summed E-state index contributed by atoms with van der Waals surface area (Å²) in [6.07, 6.45) is 7.81. The second-order valence-corrected chi connectivity index (χ2v) is 8.86. The number of allylic oxidation sites excluding steroid dienone is 1. The molecule has 3 nitrogen and oxygen atoms in total. The highest BCUT2D eigenvalue weighted by Crippen LogP contribution is 2.54. The van der Waals surface area contributed by atoms with E-state index < -0.39 is 4.75 Å².